The second-order valence-electron chi connectivity index (χ2n) is 0. The smallest absolute Gasteiger partial charge is 0 e. The van der Waals surface area contributed by atoms with Crippen LogP contribution in [0.1, 0.15) is 0 Å². The molecule has 0 spiro atoms. The minimum Gasteiger partial charge on any atom is 0 e. The van der Waals surface area contributed by atoms with E-state index in [1.807, 2.05) is 0 Å². The normalized spacial score (nSPS) is 0. The Labute approximate surface area is 110 Å². The average Bonchev–Trinajstić information content (AvgIpc) is 0. The van der Waals surface area contributed by atoms with Gasteiger partial charge < -0.3 is 0 Å². The molecule has 0 unspecified atom stereocenters. The van der Waals surface area contributed by atoms with E-state index >= 15 is 0 Å². The van der Waals surface area contributed by atoms with E-state index in [1.54, 1.807) is 0 Å². The summed E-state index contributed by atoms with van der Waals surface area (Å²) in [6, 6.07) is 0. The summed E-state index contributed by atoms with van der Waals surface area (Å²) >= 11 is 0. The van der Waals surface area contributed by atoms with Crippen LogP contribution in [0, 0.1) is 40.4 Å². The molecule has 0 aliphatic heterocycles. The molecule has 0 heterocycles. The van der Waals surface area contributed by atoms with Crippen molar-refractivity contribution < 1.29 is 113 Å². The van der Waals surface area contributed by atoms with Crippen molar-refractivity contribution in [2.45, 2.75) is 0 Å². The first-order valence-electron chi connectivity index (χ1n) is 0. The molecular weight excluding hydrogens is 377 g/mol. The van der Waals surface area contributed by atoms with Crippen LogP contribution in [0.3, 0.4) is 0 Å². The summed E-state index contributed by atoms with van der Waals surface area (Å²) in [5.74, 6) is 0. The largest absolute Gasteiger partial charge is 0 e. The predicted octanol–water partition coefficient (Wildman–Crippen LogP) is -0.0100. The van der Waals surface area contributed by atoms with Gasteiger partial charge in [0.2, 0.25) is 0 Å². The molecule has 0 bridgehead atoms. The van der Waals surface area contributed by atoms with Gasteiger partial charge in [0.25, 0.3) is 0 Å². The Morgan fingerprint density at radius 3 is 1.00 bits per heavy atom. The Morgan fingerprint density at radius 2 is 1.00 bits per heavy atom. The van der Waals surface area contributed by atoms with Gasteiger partial charge in [-0.2, -0.15) is 0 Å². The molecule has 0 aliphatic rings. The molecule has 5 heavy (non-hydrogen) atoms. The summed E-state index contributed by atoms with van der Waals surface area (Å²) in [6.07, 6.45) is 0. The van der Waals surface area contributed by atoms with Gasteiger partial charge in [0.1, 0.15) is 0 Å². The van der Waals surface area contributed by atoms with E-state index in [0.29, 0.717) is 0 Å². The third-order valence-corrected chi connectivity index (χ3v) is 0. The Balaban J connectivity index is 0. The summed E-state index contributed by atoms with van der Waals surface area (Å²) in [4.78, 5) is 0. The minimum atomic E-state index is 0. The molecule has 38 valence electrons. The van der Waals surface area contributed by atoms with E-state index in [9.17, 15) is 0 Å². The van der Waals surface area contributed by atoms with E-state index in [0.717, 1.165) is 0 Å². The van der Waals surface area contributed by atoms with Crippen LogP contribution >= 0.6 is 0 Å². The molecular formula is CoCuFeSmTi. The third-order valence-electron chi connectivity index (χ3n) is 0. The van der Waals surface area contributed by atoms with E-state index in [2.05, 4.69) is 0 Å². The molecule has 0 nitrogen and oxygen atoms in total. The topological polar surface area (TPSA) is 0 Å². The Hall–Kier alpha value is 3.60. The van der Waals surface area contributed by atoms with Crippen molar-refractivity contribution in [2.24, 2.45) is 0 Å². The molecule has 0 aliphatic carbocycles. The monoisotopic (exact) mass is 378 g/mol. The molecule has 0 aromatic heterocycles. The molecule has 0 N–H and O–H groups in total. The van der Waals surface area contributed by atoms with Crippen LogP contribution in [0.25, 0.3) is 0 Å². The van der Waals surface area contributed by atoms with Gasteiger partial charge in [0, 0.05) is 113 Å². The van der Waals surface area contributed by atoms with Crippen molar-refractivity contribution in [3.05, 3.63) is 0 Å². The minimum absolute atomic E-state index is 0. The second-order valence-corrected chi connectivity index (χ2v) is 0. The van der Waals surface area contributed by atoms with Crippen molar-refractivity contribution in [3.63, 3.8) is 0 Å². The Bertz CT molecular complexity index is 11.6. The van der Waals surface area contributed by atoms with Gasteiger partial charge in [-0.1, -0.05) is 0 Å². The molecule has 5 heteroatoms. The molecule has 0 aromatic rings. The molecule has 2 radical (unpaired) electrons. The zero-order valence-electron chi connectivity index (χ0n) is 1.90. The maximum absolute atomic E-state index is 0. The summed E-state index contributed by atoms with van der Waals surface area (Å²) in [5.41, 5.74) is 0. The van der Waals surface area contributed by atoms with Crippen LogP contribution < -0.4 is 0 Å². The van der Waals surface area contributed by atoms with Crippen molar-refractivity contribution in [3.8, 4) is 0 Å². The maximum Gasteiger partial charge on any atom is 0 e. The summed E-state index contributed by atoms with van der Waals surface area (Å²) in [6.45, 7) is 0. The van der Waals surface area contributed by atoms with Crippen LogP contribution in [-0.4, -0.2) is 0 Å². The summed E-state index contributed by atoms with van der Waals surface area (Å²) < 4.78 is 0. The quantitative estimate of drug-likeness (QED) is 0.522. The van der Waals surface area contributed by atoms with Crippen molar-refractivity contribution >= 4 is 0 Å². The zero-order chi connectivity index (χ0) is 0. The Morgan fingerprint density at radius 1 is 1.00 bits per heavy atom. The van der Waals surface area contributed by atoms with Gasteiger partial charge in [-0.25, -0.2) is 0 Å². The maximum atomic E-state index is 0. The standard InChI is InChI=1S/Co.Cu.Fe.Sm.Ti. The van der Waals surface area contributed by atoms with Gasteiger partial charge in [0.05, 0.1) is 0 Å². The number of rotatable bonds is 0. The fourth-order valence-electron chi connectivity index (χ4n) is 0. The van der Waals surface area contributed by atoms with Crippen LogP contribution in [0.15, 0.2) is 0 Å². The van der Waals surface area contributed by atoms with Crippen LogP contribution in [0.4, 0.5) is 0 Å². The zero-order valence-corrected chi connectivity index (χ0v) is 9.16. The molecule has 0 atom stereocenters. The van der Waals surface area contributed by atoms with E-state index in [-0.39, 0.29) is 113 Å². The first-order chi connectivity index (χ1) is 0. The van der Waals surface area contributed by atoms with E-state index in [4.69, 9.17) is 0 Å². The summed E-state index contributed by atoms with van der Waals surface area (Å²) in [5, 5.41) is 0. The van der Waals surface area contributed by atoms with Gasteiger partial charge in [0.15, 0.2) is 0 Å². The molecule has 0 saturated heterocycles. The van der Waals surface area contributed by atoms with Crippen molar-refractivity contribution in [1.29, 1.82) is 0 Å². The molecule has 0 saturated carbocycles. The number of hydrogen-bond donors (Lipinski definition) is 0. The molecule has 0 aromatic carbocycles. The predicted molar refractivity (Wildman–Crippen MR) is 0 cm³/mol. The second kappa shape index (κ2) is 25.6. The SMILES string of the molecule is [Co].[Cu].[Fe].[Sm].[Ti]. The van der Waals surface area contributed by atoms with Gasteiger partial charge in [-0.3, -0.25) is 0 Å². The molecule has 0 rings (SSSR count). The fourth-order valence-corrected chi connectivity index (χ4v) is 0. The fraction of sp³-hybridized carbons (Fsp3) is 0. The van der Waals surface area contributed by atoms with E-state index < -0.39 is 0 Å². The van der Waals surface area contributed by atoms with E-state index in [1.165, 1.54) is 0 Å². The average molecular weight is 377 g/mol. The first-order valence-corrected chi connectivity index (χ1v) is 0. The van der Waals surface area contributed by atoms with Gasteiger partial charge >= 0.3 is 0 Å². The van der Waals surface area contributed by atoms with Gasteiger partial charge in [-0.15, -0.1) is 0 Å². The third kappa shape index (κ3) is 18.4. The van der Waals surface area contributed by atoms with Crippen molar-refractivity contribution in [2.75, 3.05) is 0 Å². The first kappa shape index (κ1) is 38.3. The van der Waals surface area contributed by atoms with Crippen LogP contribution in [0.2, 0.25) is 0 Å². The summed E-state index contributed by atoms with van der Waals surface area (Å²) in [7, 11) is 0. The van der Waals surface area contributed by atoms with Crippen LogP contribution in [-0.2, 0) is 72.6 Å². The Kier molecular flexibility index (Phi) is 196. The van der Waals surface area contributed by atoms with Crippen molar-refractivity contribution in [1.82, 2.24) is 0 Å². The molecule has 0 amide bonds. The van der Waals surface area contributed by atoms with Gasteiger partial charge in [-0.05, 0) is 0 Å². The van der Waals surface area contributed by atoms with Crippen LogP contribution in [0.5, 0.6) is 0 Å². The number of hydrogen-bond acceptors (Lipinski definition) is 0. The molecule has 0 fully saturated rings.